The number of nitrogens with two attached hydrogens (primary N) is 1. The van der Waals surface area contributed by atoms with Crippen LogP contribution in [0.5, 0.6) is 0 Å². The molecule has 1 aromatic heterocycles. The normalized spacial score (nSPS) is 11.4. The van der Waals surface area contributed by atoms with Crippen molar-refractivity contribution in [1.82, 2.24) is 4.98 Å². The van der Waals surface area contributed by atoms with Gasteiger partial charge in [0.15, 0.2) is 5.03 Å². The molecule has 0 amide bonds. The van der Waals surface area contributed by atoms with Crippen LogP contribution in [0.25, 0.3) is 0 Å². The van der Waals surface area contributed by atoms with Crippen molar-refractivity contribution in [3.05, 3.63) is 52.7 Å². The van der Waals surface area contributed by atoms with Gasteiger partial charge in [-0.25, -0.2) is 9.98 Å². The van der Waals surface area contributed by atoms with Gasteiger partial charge in [-0.2, -0.15) is 0 Å². The lowest BCUT2D eigenvalue weighted by Gasteiger charge is -2.03. The molecule has 108 valence electrons. The highest BCUT2D eigenvalue weighted by Crippen LogP contribution is 2.34. The van der Waals surface area contributed by atoms with Crippen LogP contribution in [-0.2, 0) is 0 Å². The lowest BCUT2D eigenvalue weighted by molar-refractivity contribution is -0.388. The second-order valence-corrected chi connectivity index (χ2v) is 5.25. The minimum Gasteiger partial charge on any atom is -0.386 e. The van der Waals surface area contributed by atoms with E-state index in [1.165, 1.54) is 30.1 Å². The fraction of sp³-hybridized carbons (Fsp3) is 0.0769. The van der Waals surface area contributed by atoms with Crippen LogP contribution in [0.2, 0.25) is 0 Å². The first-order chi connectivity index (χ1) is 10.1. The van der Waals surface area contributed by atoms with E-state index in [1.54, 1.807) is 18.2 Å². The summed E-state index contributed by atoms with van der Waals surface area (Å²) in [5.41, 5.74) is 6.19. The van der Waals surface area contributed by atoms with Crippen molar-refractivity contribution in [3.63, 3.8) is 0 Å². The smallest absolute Gasteiger partial charge is 0.301 e. The Labute approximate surface area is 130 Å². The van der Waals surface area contributed by atoms with Crippen molar-refractivity contribution in [3.8, 4) is 0 Å². The van der Waals surface area contributed by atoms with Crippen LogP contribution >= 0.6 is 23.4 Å². The van der Waals surface area contributed by atoms with Gasteiger partial charge in [0.05, 0.1) is 16.5 Å². The van der Waals surface area contributed by atoms with E-state index in [0.29, 0.717) is 16.5 Å². The van der Waals surface area contributed by atoms with Crippen molar-refractivity contribution >= 4 is 40.6 Å². The number of halogens is 1. The van der Waals surface area contributed by atoms with Crippen LogP contribution in [-0.4, -0.2) is 21.6 Å². The van der Waals surface area contributed by atoms with Gasteiger partial charge in [-0.1, -0.05) is 17.8 Å². The maximum absolute atomic E-state index is 11.0. The Morgan fingerprint density at radius 2 is 2.24 bits per heavy atom. The number of aliphatic imine (C=N–C) groups is 1. The molecule has 2 aromatic rings. The minimum absolute atomic E-state index is 0.0309. The van der Waals surface area contributed by atoms with Crippen molar-refractivity contribution in [2.24, 2.45) is 10.7 Å². The standard InChI is InChI=1S/C13H11ClN4O2S/c14-8-12(15)17-9-3-1-4-10(7-9)21-13-11(18(19)20)5-2-6-16-13/h1-7H,8H2,(H2,15,17). The first-order valence-corrected chi connectivity index (χ1v) is 7.21. The molecular formula is C13H11ClN4O2S. The van der Waals surface area contributed by atoms with E-state index in [1.807, 2.05) is 6.07 Å². The molecule has 8 heteroatoms. The Balaban J connectivity index is 2.29. The molecule has 2 N–H and O–H groups in total. The number of benzene rings is 1. The van der Waals surface area contributed by atoms with Crippen molar-refractivity contribution in [2.45, 2.75) is 9.92 Å². The molecule has 0 aliphatic carbocycles. The molecule has 0 saturated carbocycles. The molecule has 0 unspecified atom stereocenters. The Hall–Kier alpha value is -2.12. The van der Waals surface area contributed by atoms with Crippen LogP contribution in [0.1, 0.15) is 0 Å². The molecule has 6 nitrogen and oxygen atoms in total. The maximum Gasteiger partial charge on any atom is 0.301 e. The summed E-state index contributed by atoms with van der Waals surface area (Å²) in [4.78, 5) is 19.5. The molecule has 0 saturated heterocycles. The summed E-state index contributed by atoms with van der Waals surface area (Å²) >= 11 is 6.78. The van der Waals surface area contributed by atoms with E-state index in [4.69, 9.17) is 17.3 Å². The third-order valence-corrected chi connectivity index (χ3v) is 3.66. The Morgan fingerprint density at radius 1 is 1.43 bits per heavy atom. The van der Waals surface area contributed by atoms with Crippen LogP contribution in [0, 0.1) is 10.1 Å². The number of hydrogen-bond donors (Lipinski definition) is 1. The lowest BCUT2D eigenvalue weighted by Crippen LogP contribution is -2.12. The van der Waals surface area contributed by atoms with Crippen molar-refractivity contribution in [1.29, 1.82) is 0 Å². The molecule has 0 radical (unpaired) electrons. The molecule has 0 aliphatic heterocycles. The molecule has 0 spiro atoms. The molecule has 1 aromatic carbocycles. The lowest BCUT2D eigenvalue weighted by atomic mass is 10.3. The van der Waals surface area contributed by atoms with E-state index in [9.17, 15) is 10.1 Å². The largest absolute Gasteiger partial charge is 0.386 e. The number of amidine groups is 1. The van der Waals surface area contributed by atoms with Gasteiger partial charge in [0, 0.05) is 17.2 Å². The highest BCUT2D eigenvalue weighted by molar-refractivity contribution is 7.99. The van der Waals surface area contributed by atoms with E-state index >= 15 is 0 Å². The first kappa shape index (κ1) is 15.3. The fourth-order valence-electron chi connectivity index (χ4n) is 1.52. The second-order valence-electron chi connectivity index (χ2n) is 3.92. The summed E-state index contributed by atoms with van der Waals surface area (Å²) in [5.74, 6) is 0.450. The van der Waals surface area contributed by atoms with Gasteiger partial charge in [-0.15, -0.1) is 11.6 Å². The number of nitrogens with zero attached hydrogens (tertiary/aromatic N) is 3. The van der Waals surface area contributed by atoms with Crippen LogP contribution < -0.4 is 5.73 Å². The predicted octanol–water partition coefficient (Wildman–Crippen LogP) is 3.37. The molecular weight excluding hydrogens is 312 g/mol. The molecule has 2 rings (SSSR count). The monoisotopic (exact) mass is 322 g/mol. The Morgan fingerprint density at radius 3 is 2.95 bits per heavy atom. The van der Waals surface area contributed by atoms with Gasteiger partial charge < -0.3 is 5.73 Å². The Kier molecular flexibility index (Phi) is 5.13. The average molecular weight is 323 g/mol. The molecule has 1 heterocycles. The summed E-state index contributed by atoms with van der Waals surface area (Å²) in [6.07, 6.45) is 1.52. The topological polar surface area (TPSA) is 94.4 Å². The fourth-order valence-corrected chi connectivity index (χ4v) is 2.49. The predicted molar refractivity (Wildman–Crippen MR) is 83.5 cm³/mol. The van der Waals surface area contributed by atoms with E-state index < -0.39 is 4.92 Å². The van der Waals surface area contributed by atoms with Gasteiger partial charge in [0.1, 0.15) is 5.84 Å². The van der Waals surface area contributed by atoms with Crippen molar-refractivity contribution in [2.75, 3.05) is 5.88 Å². The number of rotatable bonds is 5. The van der Waals surface area contributed by atoms with Crippen LogP contribution in [0.3, 0.4) is 0 Å². The molecule has 0 fully saturated rings. The third kappa shape index (κ3) is 4.17. The highest BCUT2D eigenvalue weighted by Gasteiger charge is 2.15. The summed E-state index contributed by atoms with van der Waals surface area (Å²) in [7, 11) is 0. The van der Waals surface area contributed by atoms with E-state index in [2.05, 4.69) is 9.98 Å². The minimum atomic E-state index is -0.456. The summed E-state index contributed by atoms with van der Waals surface area (Å²) in [5, 5.41) is 11.3. The molecule has 21 heavy (non-hydrogen) atoms. The Bertz CT molecular complexity index is 693. The molecule has 0 aliphatic rings. The van der Waals surface area contributed by atoms with Gasteiger partial charge in [-0.3, -0.25) is 10.1 Å². The summed E-state index contributed by atoms with van der Waals surface area (Å²) in [6.45, 7) is 0. The number of nitro groups is 1. The summed E-state index contributed by atoms with van der Waals surface area (Å²) < 4.78 is 0. The zero-order chi connectivity index (χ0) is 15.2. The molecule has 0 atom stereocenters. The SMILES string of the molecule is NC(CCl)=Nc1cccc(Sc2ncccc2[N+](=O)[O-])c1. The molecule has 0 bridgehead atoms. The zero-order valence-corrected chi connectivity index (χ0v) is 12.3. The highest BCUT2D eigenvalue weighted by atomic mass is 35.5. The number of alkyl halides is 1. The number of pyridine rings is 1. The van der Waals surface area contributed by atoms with Crippen LogP contribution in [0.4, 0.5) is 11.4 Å². The third-order valence-electron chi connectivity index (χ3n) is 2.39. The maximum atomic E-state index is 11.0. The zero-order valence-electron chi connectivity index (χ0n) is 10.8. The van der Waals surface area contributed by atoms with Gasteiger partial charge in [0.2, 0.25) is 0 Å². The average Bonchev–Trinajstić information content (AvgIpc) is 2.48. The number of hydrogen-bond acceptors (Lipinski definition) is 5. The van der Waals surface area contributed by atoms with E-state index in [-0.39, 0.29) is 11.6 Å². The van der Waals surface area contributed by atoms with Gasteiger partial charge in [0.25, 0.3) is 0 Å². The second kappa shape index (κ2) is 7.05. The first-order valence-electron chi connectivity index (χ1n) is 5.86. The summed E-state index contributed by atoms with van der Waals surface area (Å²) in [6, 6.07) is 10.1. The van der Waals surface area contributed by atoms with E-state index in [0.717, 1.165) is 4.90 Å². The van der Waals surface area contributed by atoms with Gasteiger partial charge >= 0.3 is 5.69 Å². The van der Waals surface area contributed by atoms with Crippen molar-refractivity contribution < 1.29 is 4.92 Å². The van der Waals surface area contributed by atoms with Gasteiger partial charge in [-0.05, 0) is 24.3 Å². The van der Waals surface area contributed by atoms with Crippen LogP contribution in [0.15, 0.2) is 57.5 Å². The number of aromatic nitrogens is 1. The quantitative estimate of drug-likeness (QED) is 0.299.